The first kappa shape index (κ1) is 16.5. The van der Waals surface area contributed by atoms with Crippen LogP contribution in [0.2, 0.25) is 0 Å². The second kappa shape index (κ2) is 8.55. The molecule has 0 fully saturated rings. The highest BCUT2D eigenvalue weighted by Gasteiger charge is 2.10. The average molecular weight is 281 g/mol. The van der Waals surface area contributed by atoms with Crippen LogP contribution in [0, 0.1) is 13.8 Å². The molecule has 5 heteroatoms. The lowest BCUT2D eigenvalue weighted by Crippen LogP contribution is -2.41. The molecule has 1 aromatic rings. The van der Waals surface area contributed by atoms with E-state index >= 15 is 0 Å². The predicted molar refractivity (Wildman–Crippen MR) is 76.9 cm³/mol. The molecule has 0 radical (unpaired) electrons. The quantitative estimate of drug-likeness (QED) is 0.751. The average Bonchev–Trinajstić information content (AvgIpc) is 2.42. The molecule has 0 aliphatic carbocycles. The Labute approximate surface area is 119 Å². The van der Waals surface area contributed by atoms with Crippen LogP contribution in [-0.2, 0) is 9.53 Å². The number of methoxy groups -OCH3 is 1. The van der Waals surface area contributed by atoms with Crippen LogP contribution in [-0.4, -0.2) is 44.0 Å². The molecule has 0 bridgehead atoms. The molecule has 0 heterocycles. The summed E-state index contributed by atoms with van der Waals surface area (Å²) in [6, 6.07) is 5.47. The summed E-state index contributed by atoms with van der Waals surface area (Å²) < 4.78 is 10.4. The highest BCUT2D eigenvalue weighted by molar-refractivity contribution is 5.76. The van der Waals surface area contributed by atoms with Gasteiger partial charge in [-0.05, 0) is 37.1 Å². The number of rotatable bonds is 8. The number of aliphatic hydroxyl groups is 1. The van der Waals surface area contributed by atoms with Gasteiger partial charge in [0.25, 0.3) is 0 Å². The highest BCUT2D eigenvalue weighted by atomic mass is 16.5. The number of hydrogen-bond donors (Lipinski definition) is 2. The van der Waals surface area contributed by atoms with Crippen LogP contribution in [0.3, 0.4) is 0 Å². The first-order valence-electron chi connectivity index (χ1n) is 6.66. The fourth-order valence-corrected chi connectivity index (χ4v) is 1.71. The van der Waals surface area contributed by atoms with Crippen LogP contribution in [0.1, 0.15) is 17.5 Å². The number of carbonyl (C=O) groups is 1. The van der Waals surface area contributed by atoms with Crippen LogP contribution < -0.4 is 10.1 Å². The lowest BCUT2D eigenvalue weighted by Gasteiger charge is -2.15. The molecule has 1 unspecified atom stereocenters. The Balaban J connectivity index is 2.32. The Morgan fingerprint density at radius 3 is 2.70 bits per heavy atom. The summed E-state index contributed by atoms with van der Waals surface area (Å²) in [6.45, 7) is 4.51. The highest BCUT2D eigenvalue weighted by Crippen LogP contribution is 2.16. The molecule has 0 aliphatic rings. The predicted octanol–water partition coefficient (Wildman–Crippen LogP) is 1.20. The monoisotopic (exact) mass is 281 g/mol. The third-order valence-corrected chi connectivity index (χ3v) is 3.03. The first-order valence-corrected chi connectivity index (χ1v) is 6.66. The van der Waals surface area contributed by atoms with Crippen LogP contribution in [0.4, 0.5) is 0 Å². The van der Waals surface area contributed by atoms with Crippen molar-refractivity contribution in [3.8, 4) is 5.75 Å². The Morgan fingerprint density at radius 2 is 2.10 bits per heavy atom. The summed E-state index contributed by atoms with van der Waals surface area (Å²) in [5.74, 6) is 0.599. The van der Waals surface area contributed by atoms with E-state index in [4.69, 9.17) is 14.6 Å². The summed E-state index contributed by atoms with van der Waals surface area (Å²) in [4.78, 5) is 11.6. The Hall–Kier alpha value is -1.59. The van der Waals surface area contributed by atoms with Crippen LogP contribution in [0.25, 0.3) is 0 Å². The third-order valence-electron chi connectivity index (χ3n) is 3.03. The van der Waals surface area contributed by atoms with Crippen molar-refractivity contribution < 1.29 is 19.4 Å². The van der Waals surface area contributed by atoms with Crippen LogP contribution in [0.15, 0.2) is 18.2 Å². The van der Waals surface area contributed by atoms with Crippen molar-refractivity contribution in [1.29, 1.82) is 0 Å². The van der Waals surface area contributed by atoms with Gasteiger partial charge in [-0.3, -0.25) is 4.79 Å². The van der Waals surface area contributed by atoms with Crippen molar-refractivity contribution in [2.75, 3.05) is 26.9 Å². The van der Waals surface area contributed by atoms with Gasteiger partial charge in [0.2, 0.25) is 5.91 Å². The van der Waals surface area contributed by atoms with Crippen molar-refractivity contribution in [3.05, 3.63) is 29.3 Å². The summed E-state index contributed by atoms with van der Waals surface area (Å²) in [6.07, 6.45) is 0.243. The third kappa shape index (κ3) is 5.59. The van der Waals surface area contributed by atoms with Gasteiger partial charge in [-0.15, -0.1) is 0 Å². The van der Waals surface area contributed by atoms with E-state index in [1.165, 1.54) is 12.7 Å². The maximum Gasteiger partial charge on any atom is 0.223 e. The van der Waals surface area contributed by atoms with Crippen LogP contribution >= 0.6 is 0 Å². The number of carbonyl (C=O) groups excluding carboxylic acids is 1. The fourth-order valence-electron chi connectivity index (χ4n) is 1.71. The van der Waals surface area contributed by atoms with Gasteiger partial charge >= 0.3 is 0 Å². The Bertz CT molecular complexity index is 434. The number of hydrogen-bond acceptors (Lipinski definition) is 4. The number of aliphatic hydroxyl groups excluding tert-OH is 1. The van der Waals surface area contributed by atoms with E-state index in [0.717, 1.165) is 11.3 Å². The van der Waals surface area contributed by atoms with Gasteiger partial charge in [0.15, 0.2) is 0 Å². The number of benzene rings is 1. The summed E-state index contributed by atoms with van der Waals surface area (Å²) in [5.41, 5.74) is 2.37. The summed E-state index contributed by atoms with van der Waals surface area (Å²) in [5, 5.41) is 11.7. The van der Waals surface area contributed by atoms with Crippen molar-refractivity contribution in [1.82, 2.24) is 5.32 Å². The van der Waals surface area contributed by atoms with Gasteiger partial charge in [0, 0.05) is 7.11 Å². The lowest BCUT2D eigenvalue weighted by molar-refractivity contribution is -0.123. The molecule has 112 valence electrons. The topological polar surface area (TPSA) is 67.8 Å². The molecule has 1 atom stereocenters. The van der Waals surface area contributed by atoms with Crippen LogP contribution in [0.5, 0.6) is 5.75 Å². The van der Waals surface area contributed by atoms with E-state index in [9.17, 15) is 4.79 Å². The van der Waals surface area contributed by atoms with Crippen molar-refractivity contribution in [2.24, 2.45) is 0 Å². The van der Waals surface area contributed by atoms with E-state index in [-0.39, 0.29) is 25.0 Å². The number of ether oxygens (including phenoxy) is 2. The van der Waals surface area contributed by atoms with E-state index in [2.05, 4.69) is 5.32 Å². The van der Waals surface area contributed by atoms with Gasteiger partial charge in [-0.1, -0.05) is 6.07 Å². The van der Waals surface area contributed by atoms with E-state index in [1.807, 2.05) is 32.0 Å². The zero-order chi connectivity index (χ0) is 15.0. The minimum absolute atomic E-state index is 0.141. The maximum atomic E-state index is 11.6. The van der Waals surface area contributed by atoms with Gasteiger partial charge in [0.05, 0.1) is 32.3 Å². The normalized spacial score (nSPS) is 12.0. The van der Waals surface area contributed by atoms with Gasteiger partial charge in [0.1, 0.15) is 5.75 Å². The second-order valence-corrected chi connectivity index (χ2v) is 4.75. The molecular formula is C15H23NO4. The van der Waals surface area contributed by atoms with Gasteiger partial charge < -0.3 is 19.9 Å². The lowest BCUT2D eigenvalue weighted by atomic mass is 10.1. The van der Waals surface area contributed by atoms with E-state index in [0.29, 0.717) is 13.2 Å². The maximum absolute atomic E-state index is 11.6. The first-order chi connectivity index (χ1) is 9.56. The molecule has 0 saturated carbocycles. The molecule has 0 saturated heterocycles. The minimum Gasteiger partial charge on any atom is -0.493 e. The van der Waals surface area contributed by atoms with Crippen molar-refractivity contribution in [3.63, 3.8) is 0 Å². The van der Waals surface area contributed by atoms with E-state index in [1.54, 1.807) is 0 Å². The van der Waals surface area contributed by atoms with Gasteiger partial charge in [-0.25, -0.2) is 0 Å². The molecule has 1 aromatic carbocycles. The molecule has 20 heavy (non-hydrogen) atoms. The smallest absolute Gasteiger partial charge is 0.223 e. The minimum atomic E-state index is -0.367. The summed E-state index contributed by atoms with van der Waals surface area (Å²) in [7, 11) is 1.53. The second-order valence-electron chi connectivity index (χ2n) is 4.75. The standard InChI is InChI=1S/C15H23NO4/c1-11-4-5-14(8-12(11)2)20-7-6-15(18)16-13(9-17)10-19-3/h4-5,8,13,17H,6-7,9-10H2,1-3H3,(H,16,18). The number of nitrogens with one attached hydrogen (secondary N) is 1. The zero-order valence-electron chi connectivity index (χ0n) is 12.3. The zero-order valence-corrected chi connectivity index (χ0v) is 12.3. The largest absolute Gasteiger partial charge is 0.493 e. The molecular weight excluding hydrogens is 258 g/mol. The molecule has 5 nitrogen and oxygen atoms in total. The molecule has 0 spiro atoms. The Morgan fingerprint density at radius 1 is 1.35 bits per heavy atom. The van der Waals surface area contributed by atoms with E-state index < -0.39 is 0 Å². The molecule has 1 rings (SSSR count). The summed E-state index contributed by atoms with van der Waals surface area (Å²) >= 11 is 0. The molecule has 2 N–H and O–H groups in total. The SMILES string of the molecule is COCC(CO)NC(=O)CCOc1ccc(C)c(C)c1. The van der Waals surface area contributed by atoms with Crippen molar-refractivity contribution >= 4 is 5.91 Å². The fraction of sp³-hybridized carbons (Fsp3) is 0.533. The molecule has 1 amide bonds. The van der Waals surface area contributed by atoms with Crippen molar-refractivity contribution in [2.45, 2.75) is 26.3 Å². The Kier molecular flexibility index (Phi) is 7.04. The number of amides is 1. The molecule has 0 aromatic heterocycles. The number of aryl methyl sites for hydroxylation is 2. The molecule has 0 aliphatic heterocycles. The van der Waals surface area contributed by atoms with Gasteiger partial charge in [-0.2, -0.15) is 0 Å².